The molecule has 0 amide bonds. The molecule has 4 nitrogen and oxygen atoms in total. The number of nitrogens with zero attached hydrogens (tertiary/aromatic N) is 1. The molecule has 0 heterocycles. The van der Waals surface area contributed by atoms with Crippen LogP contribution in [0.1, 0.15) is 26.3 Å². The van der Waals surface area contributed by atoms with Gasteiger partial charge in [0.2, 0.25) is 0 Å². The van der Waals surface area contributed by atoms with E-state index in [0.29, 0.717) is 11.6 Å². The number of hydrogen-bond donors (Lipinski definition) is 1. The van der Waals surface area contributed by atoms with Crippen molar-refractivity contribution in [1.29, 1.82) is 0 Å². The molecule has 1 aromatic rings. The van der Waals surface area contributed by atoms with Crippen LogP contribution in [-0.4, -0.2) is 30.2 Å². The summed E-state index contributed by atoms with van der Waals surface area (Å²) in [6.07, 6.45) is 0. The average Bonchev–Trinajstić information content (AvgIpc) is 2.36. The lowest BCUT2D eigenvalue weighted by Crippen LogP contribution is -2.37. The topological polar surface area (TPSA) is 55.6 Å². The third-order valence-corrected chi connectivity index (χ3v) is 2.93. The molecule has 2 N–H and O–H groups in total. The minimum atomic E-state index is -0.256. The second-order valence-corrected chi connectivity index (χ2v) is 4.85. The van der Waals surface area contributed by atoms with Gasteiger partial charge < -0.3 is 15.4 Å². The predicted octanol–water partition coefficient (Wildman–Crippen LogP) is 2.10. The molecule has 19 heavy (non-hydrogen) atoms. The first-order chi connectivity index (χ1) is 8.97. The molecular weight excluding hydrogens is 260 g/mol. The minimum Gasteiger partial charge on any atom is -0.465 e. The molecule has 1 rings (SSSR count). The molecule has 0 aliphatic carbocycles. The highest BCUT2D eigenvalue weighted by Gasteiger charge is 2.18. The van der Waals surface area contributed by atoms with Crippen molar-refractivity contribution in [3.05, 3.63) is 29.8 Å². The Bertz CT molecular complexity index is 461. The minimum absolute atomic E-state index is 0.139. The van der Waals surface area contributed by atoms with Crippen LogP contribution in [0.5, 0.6) is 0 Å². The number of ether oxygens (including phenoxy) is 1. The van der Waals surface area contributed by atoms with Crippen molar-refractivity contribution in [1.82, 2.24) is 0 Å². The van der Waals surface area contributed by atoms with Gasteiger partial charge in [0, 0.05) is 17.3 Å². The second kappa shape index (κ2) is 7.09. The predicted molar refractivity (Wildman–Crippen MR) is 81.4 cm³/mol. The monoisotopic (exact) mass is 280 g/mol. The van der Waals surface area contributed by atoms with Crippen molar-refractivity contribution < 1.29 is 9.53 Å². The van der Waals surface area contributed by atoms with E-state index in [1.54, 1.807) is 6.92 Å². The summed E-state index contributed by atoms with van der Waals surface area (Å²) < 4.78 is 5.00. The SMILES string of the molecule is CCOC(=O)CN(c1ccccc1C(N)=S)C(C)C. The van der Waals surface area contributed by atoms with Crippen LogP contribution in [0.15, 0.2) is 24.3 Å². The summed E-state index contributed by atoms with van der Waals surface area (Å²) in [5.41, 5.74) is 7.36. The number of nitrogens with two attached hydrogens (primary N) is 1. The molecule has 0 spiro atoms. The maximum absolute atomic E-state index is 11.7. The zero-order valence-electron chi connectivity index (χ0n) is 11.6. The number of carbonyl (C=O) groups is 1. The van der Waals surface area contributed by atoms with Gasteiger partial charge in [-0.2, -0.15) is 0 Å². The number of rotatable bonds is 6. The van der Waals surface area contributed by atoms with Crippen LogP contribution in [0.25, 0.3) is 0 Å². The fourth-order valence-corrected chi connectivity index (χ4v) is 2.00. The zero-order valence-corrected chi connectivity index (χ0v) is 12.4. The van der Waals surface area contributed by atoms with Crippen LogP contribution in [0, 0.1) is 0 Å². The quantitative estimate of drug-likeness (QED) is 0.639. The van der Waals surface area contributed by atoms with Gasteiger partial charge in [0.15, 0.2) is 0 Å². The Labute approximate surface area is 119 Å². The maximum Gasteiger partial charge on any atom is 0.325 e. The highest BCUT2D eigenvalue weighted by Crippen LogP contribution is 2.22. The van der Waals surface area contributed by atoms with E-state index in [9.17, 15) is 4.79 Å². The van der Waals surface area contributed by atoms with Crippen LogP contribution < -0.4 is 10.6 Å². The van der Waals surface area contributed by atoms with Crippen molar-refractivity contribution in [2.24, 2.45) is 5.73 Å². The van der Waals surface area contributed by atoms with Crippen molar-refractivity contribution >= 4 is 28.9 Å². The average molecular weight is 280 g/mol. The number of carbonyl (C=O) groups excluding carboxylic acids is 1. The van der Waals surface area contributed by atoms with E-state index in [2.05, 4.69) is 0 Å². The summed E-state index contributed by atoms with van der Waals surface area (Å²) in [5.74, 6) is -0.256. The molecule has 0 unspecified atom stereocenters. The lowest BCUT2D eigenvalue weighted by atomic mass is 10.1. The van der Waals surface area contributed by atoms with E-state index < -0.39 is 0 Å². The van der Waals surface area contributed by atoms with Crippen molar-refractivity contribution in [2.45, 2.75) is 26.8 Å². The number of esters is 1. The summed E-state index contributed by atoms with van der Waals surface area (Å²) in [6, 6.07) is 7.68. The van der Waals surface area contributed by atoms with Crippen LogP contribution in [0.4, 0.5) is 5.69 Å². The highest BCUT2D eigenvalue weighted by molar-refractivity contribution is 7.80. The maximum atomic E-state index is 11.7. The Morgan fingerprint density at radius 3 is 2.58 bits per heavy atom. The fourth-order valence-electron chi connectivity index (χ4n) is 1.82. The Morgan fingerprint density at radius 2 is 2.05 bits per heavy atom. The Hall–Kier alpha value is -1.62. The zero-order chi connectivity index (χ0) is 14.4. The van der Waals surface area contributed by atoms with E-state index in [-0.39, 0.29) is 18.6 Å². The van der Waals surface area contributed by atoms with Gasteiger partial charge in [-0.3, -0.25) is 4.79 Å². The van der Waals surface area contributed by atoms with Gasteiger partial charge >= 0.3 is 5.97 Å². The van der Waals surface area contributed by atoms with Crippen LogP contribution in [0.3, 0.4) is 0 Å². The summed E-state index contributed by atoms with van der Waals surface area (Å²) in [4.78, 5) is 13.9. The van der Waals surface area contributed by atoms with Gasteiger partial charge in [0.05, 0.1) is 6.61 Å². The van der Waals surface area contributed by atoms with Gasteiger partial charge in [-0.1, -0.05) is 24.4 Å². The summed E-state index contributed by atoms with van der Waals surface area (Å²) >= 11 is 5.06. The molecule has 0 radical (unpaired) electrons. The van der Waals surface area contributed by atoms with E-state index in [0.717, 1.165) is 11.3 Å². The molecule has 0 aromatic heterocycles. The van der Waals surface area contributed by atoms with Crippen molar-refractivity contribution in [3.63, 3.8) is 0 Å². The molecule has 104 valence electrons. The Kier molecular flexibility index (Phi) is 5.76. The largest absolute Gasteiger partial charge is 0.465 e. The van der Waals surface area contributed by atoms with E-state index in [1.807, 2.05) is 43.0 Å². The molecule has 0 aliphatic rings. The number of anilines is 1. The second-order valence-electron chi connectivity index (χ2n) is 4.41. The number of para-hydroxylation sites is 1. The smallest absolute Gasteiger partial charge is 0.325 e. The summed E-state index contributed by atoms with van der Waals surface area (Å²) in [6.45, 7) is 6.37. The third-order valence-electron chi connectivity index (χ3n) is 2.71. The molecule has 0 fully saturated rings. The van der Waals surface area contributed by atoms with Gasteiger partial charge in [0.1, 0.15) is 11.5 Å². The van der Waals surface area contributed by atoms with E-state index >= 15 is 0 Å². The number of hydrogen-bond acceptors (Lipinski definition) is 4. The Morgan fingerprint density at radius 1 is 1.42 bits per heavy atom. The van der Waals surface area contributed by atoms with Crippen LogP contribution in [-0.2, 0) is 9.53 Å². The summed E-state index contributed by atoms with van der Waals surface area (Å²) in [7, 11) is 0. The summed E-state index contributed by atoms with van der Waals surface area (Å²) in [5, 5.41) is 0. The highest BCUT2D eigenvalue weighted by atomic mass is 32.1. The molecule has 0 atom stereocenters. The molecular formula is C14H20N2O2S. The van der Waals surface area contributed by atoms with Gasteiger partial charge in [-0.15, -0.1) is 0 Å². The third kappa shape index (κ3) is 4.21. The Balaban J connectivity index is 3.06. The molecule has 0 aliphatic heterocycles. The van der Waals surface area contributed by atoms with Crippen molar-refractivity contribution in [2.75, 3.05) is 18.1 Å². The van der Waals surface area contributed by atoms with E-state index in [1.165, 1.54) is 0 Å². The lowest BCUT2D eigenvalue weighted by Gasteiger charge is -2.29. The van der Waals surface area contributed by atoms with Crippen molar-refractivity contribution in [3.8, 4) is 0 Å². The molecule has 1 aromatic carbocycles. The lowest BCUT2D eigenvalue weighted by molar-refractivity contribution is -0.141. The molecule has 5 heteroatoms. The van der Waals surface area contributed by atoms with Crippen LogP contribution in [0.2, 0.25) is 0 Å². The molecule has 0 saturated heterocycles. The standard InChI is InChI=1S/C14H20N2O2S/c1-4-18-13(17)9-16(10(2)3)12-8-6-5-7-11(12)14(15)19/h5-8,10H,4,9H2,1-3H3,(H2,15,19). The number of thiocarbonyl (C=S) groups is 1. The fraction of sp³-hybridized carbons (Fsp3) is 0.429. The number of benzene rings is 1. The normalized spacial score (nSPS) is 10.3. The first-order valence-corrected chi connectivity index (χ1v) is 6.69. The molecule has 0 saturated carbocycles. The van der Waals surface area contributed by atoms with E-state index in [4.69, 9.17) is 22.7 Å². The molecule has 0 bridgehead atoms. The first kappa shape index (κ1) is 15.4. The van der Waals surface area contributed by atoms with Gasteiger partial charge in [-0.05, 0) is 32.9 Å². The first-order valence-electron chi connectivity index (χ1n) is 6.28. The van der Waals surface area contributed by atoms with Crippen LogP contribution >= 0.6 is 12.2 Å². The van der Waals surface area contributed by atoms with Gasteiger partial charge in [0.25, 0.3) is 0 Å². The van der Waals surface area contributed by atoms with Gasteiger partial charge in [-0.25, -0.2) is 0 Å².